The highest BCUT2D eigenvalue weighted by molar-refractivity contribution is 5.90. The molecule has 3 N–H and O–H groups in total. The van der Waals surface area contributed by atoms with Crippen LogP contribution in [0.1, 0.15) is 5.56 Å². The van der Waals surface area contributed by atoms with Crippen molar-refractivity contribution >= 4 is 11.7 Å². The fourth-order valence-corrected chi connectivity index (χ4v) is 1.03. The molecule has 0 aliphatic carbocycles. The van der Waals surface area contributed by atoms with E-state index in [1.165, 1.54) is 6.08 Å². The van der Waals surface area contributed by atoms with Crippen molar-refractivity contribution in [3.8, 4) is 0 Å². The number of ether oxygens (including phenoxy) is 1. The van der Waals surface area contributed by atoms with Gasteiger partial charge in [0.1, 0.15) is 6.61 Å². The van der Waals surface area contributed by atoms with Crippen molar-refractivity contribution in [3.63, 3.8) is 0 Å². The number of rotatable bonds is 4. The molecular weight excluding hydrogens is 194 g/mol. The van der Waals surface area contributed by atoms with Crippen LogP contribution < -0.4 is 5.73 Å². The van der Waals surface area contributed by atoms with Gasteiger partial charge in [-0.25, -0.2) is 4.79 Å². The van der Waals surface area contributed by atoms with Gasteiger partial charge < -0.3 is 15.6 Å². The largest absolute Gasteiger partial charge is 0.460 e. The fraction of sp³-hybridized carbons (Fsp3) is 0.182. The standard InChI is InChI=1S/C11H13NO3/c12-10(8-11(14)15-7-6-13)9-4-2-1-3-5-9/h1-5,8,13H,6-7,12H2/b10-8-. The fourth-order valence-electron chi connectivity index (χ4n) is 1.03. The lowest BCUT2D eigenvalue weighted by molar-refractivity contribution is -0.138. The summed E-state index contributed by atoms with van der Waals surface area (Å²) in [6, 6.07) is 9.11. The van der Waals surface area contributed by atoms with Crippen LogP contribution >= 0.6 is 0 Å². The average molecular weight is 207 g/mol. The average Bonchev–Trinajstić information content (AvgIpc) is 2.27. The third-order valence-electron chi connectivity index (χ3n) is 1.72. The summed E-state index contributed by atoms with van der Waals surface area (Å²) < 4.78 is 4.64. The second kappa shape index (κ2) is 5.82. The van der Waals surface area contributed by atoms with E-state index in [9.17, 15) is 4.79 Å². The number of aliphatic hydroxyl groups excluding tert-OH is 1. The van der Waals surface area contributed by atoms with Gasteiger partial charge in [-0.2, -0.15) is 0 Å². The van der Waals surface area contributed by atoms with Crippen LogP contribution in [-0.4, -0.2) is 24.3 Å². The maximum Gasteiger partial charge on any atom is 0.332 e. The molecule has 4 heteroatoms. The summed E-state index contributed by atoms with van der Waals surface area (Å²) in [5.41, 5.74) is 6.77. The van der Waals surface area contributed by atoms with E-state index in [2.05, 4.69) is 4.74 Å². The summed E-state index contributed by atoms with van der Waals surface area (Å²) in [5.74, 6) is -0.551. The van der Waals surface area contributed by atoms with Crippen LogP contribution in [0.5, 0.6) is 0 Å². The molecule has 0 radical (unpaired) electrons. The van der Waals surface area contributed by atoms with Gasteiger partial charge in [0, 0.05) is 11.8 Å². The molecule has 0 aliphatic rings. The summed E-state index contributed by atoms with van der Waals surface area (Å²) in [6.07, 6.45) is 1.20. The summed E-state index contributed by atoms with van der Waals surface area (Å²) in [4.78, 5) is 11.1. The molecule has 0 spiro atoms. The second-order valence-electron chi connectivity index (χ2n) is 2.86. The van der Waals surface area contributed by atoms with Crippen LogP contribution in [0.25, 0.3) is 5.70 Å². The number of aliphatic hydroxyl groups is 1. The number of nitrogens with two attached hydrogens (primary N) is 1. The quantitative estimate of drug-likeness (QED) is 0.557. The Hall–Kier alpha value is -1.81. The van der Waals surface area contributed by atoms with Crippen LogP contribution in [0.2, 0.25) is 0 Å². The van der Waals surface area contributed by atoms with E-state index in [0.29, 0.717) is 5.70 Å². The SMILES string of the molecule is N/C(=C\C(=O)OCCO)c1ccccc1. The molecule has 0 heterocycles. The molecular formula is C11H13NO3. The van der Waals surface area contributed by atoms with E-state index in [1.54, 1.807) is 12.1 Å². The number of carbonyl (C=O) groups is 1. The molecule has 1 aromatic carbocycles. The number of carbonyl (C=O) groups excluding carboxylic acids is 1. The summed E-state index contributed by atoms with van der Waals surface area (Å²) in [7, 11) is 0. The first kappa shape index (κ1) is 11.3. The van der Waals surface area contributed by atoms with Crippen molar-refractivity contribution in [1.82, 2.24) is 0 Å². The molecule has 0 saturated heterocycles. The lowest BCUT2D eigenvalue weighted by atomic mass is 10.1. The molecule has 0 aromatic heterocycles. The lowest BCUT2D eigenvalue weighted by Crippen LogP contribution is -2.08. The van der Waals surface area contributed by atoms with Gasteiger partial charge in [0.25, 0.3) is 0 Å². The van der Waals surface area contributed by atoms with E-state index >= 15 is 0 Å². The number of benzene rings is 1. The topological polar surface area (TPSA) is 72.6 Å². The highest BCUT2D eigenvalue weighted by atomic mass is 16.5. The van der Waals surface area contributed by atoms with Gasteiger partial charge >= 0.3 is 5.97 Å². The predicted octanol–water partition coefficient (Wildman–Crippen LogP) is 0.522. The summed E-state index contributed by atoms with van der Waals surface area (Å²) >= 11 is 0. The van der Waals surface area contributed by atoms with Gasteiger partial charge in [-0.3, -0.25) is 0 Å². The molecule has 15 heavy (non-hydrogen) atoms. The highest BCUT2D eigenvalue weighted by Gasteiger charge is 2.01. The van der Waals surface area contributed by atoms with Crippen LogP contribution in [0.3, 0.4) is 0 Å². The molecule has 0 aliphatic heterocycles. The van der Waals surface area contributed by atoms with Crippen molar-refractivity contribution in [3.05, 3.63) is 42.0 Å². The molecule has 4 nitrogen and oxygen atoms in total. The Balaban J connectivity index is 2.64. The Morgan fingerprint density at radius 2 is 2.07 bits per heavy atom. The van der Waals surface area contributed by atoms with Gasteiger partial charge in [0.15, 0.2) is 0 Å². The van der Waals surface area contributed by atoms with Gasteiger partial charge in [-0.1, -0.05) is 30.3 Å². The van der Waals surface area contributed by atoms with Gasteiger partial charge in [0.2, 0.25) is 0 Å². The zero-order valence-corrected chi connectivity index (χ0v) is 8.22. The van der Waals surface area contributed by atoms with Crippen LogP contribution in [0.4, 0.5) is 0 Å². The predicted molar refractivity (Wildman–Crippen MR) is 56.7 cm³/mol. The zero-order valence-electron chi connectivity index (χ0n) is 8.22. The minimum atomic E-state index is -0.551. The normalized spacial score (nSPS) is 11.1. The van der Waals surface area contributed by atoms with Crippen molar-refractivity contribution in [2.45, 2.75) is 0 Å². The lowest BCUT2D eigenvalue weighted by Gasteiger charge is -2.01. The second-order valence-corrected chi connectivity index (χ2v) is 2.86. The first-order chi connectivity index (χ1) is 7.24. The van der Waals surface area contributed by atoms with E-state index in [0.717, 1.165) is 5.56 Å². The van der Waals surface area contributed by atoms with Crippen LogP contribution in [-0.2, 0) is 9.53 Å². The molecule has 1 rings (SSSR count). The Morgan fingerprint density at radius 1 is 1.40 bits per heavy atom. The first-order valence-corrected chi connectivity index (χ1v) is 4.54. The van der Waals surface area contributed by atoms with Gasteiger partial charge in [-0.15, -0.1) is 0 Å². The van der Waals surface area contributed by atoms with E-state index in [-0.39, 0.29) is 13.2 Å². The van der Waals surface area contributed by atoms with Gasteiger partial charge in [-0.05, 0) is 5.56 Å². The smallest absolute Gasteiger partial charge is 0.332 e. The summed E-state index contributed by atoms with van der Waals surface area (Å²) in [5, 5.41) is 8.44. The Kier molecular flexibility index (Phi) is 4.37. The molecule has 0 saturated carbocycles. The molecule has 0 atom stereocenters. The Morgan fingerprint density at radius 3 is 2.67 bits per heavy atom. The van der Waals surface area contributed by atoms with Crippen molar-refractivity contribution in [2.24, 2.45) is 5.73 Å². The molecule has 0 amide bonds. The molecule has 0 fully saturated rings. The Bertz CT molecular complexity index is 346. The first-order valence-electron chi connectivity index (χ1n) is 4.54. The molecule has 0 unspecified atom stereocenters. The monoisotopic (exact) mass is 207 g/mol. The molecule has 0 bridgehead atoms. The summed E-state index contributed by atoms with van der Waals surface area (Å²) in [6.45, 7) is -0.206. The Labute approximate surface area is 88.0 Å². The number of hydrogen-bond donors (Lipinski definition) is 2. The number of esters is 1. The van der Waals surface area contributed by atoms with Crippen LogP contribution in [0, 0.1) is 0 Å². The van der Waals surface area contributed by atoms with Crippen molar-refractivity contribution in [1.29, 1.82) is 0 Å². The molecule has 80 valence electrons. The highest BCUT2D eigenvalue weighted by Crippen LogP contribution is 2.07. The molecule has 1 aromatic rings. The minimum Gasteiger partial charge on any atom is -0.460 e. The minimum absolute atomic E-state index is 0.0165. The van der Waals surface area contributed by atoms with Gasteiger partial charge in [0.05, 0.1) is 6.61 Å². The maximum atomic E-state index is 11.1. The third kappa shape index (κ3) is 3.83. The van der Waals surface area contributed by atoms with Crippen molar-refractivity contribution < 1.29 is 14.6 Å². The third-order valence-corrected chi connectivity index (χ3v) is 1.72. The van der Waals surface area contributed by atoms with Crippen LogP contribution in [0.15, 0.2) is 36.4 Å². The maximum absolute atomic E-state index is 11.1. The van der Waals surface area contributed by atoms with E-state index < -0.39 is 5.97 Å². The zero-order chi connectivity index (χ0) is 11.1. The van der Waals surface area contributed by atoms with E-state index in [1.807, 2.05) is 18.2 Å². The van der Waals surface area contributed by atoms with Crippen molar-refractivity contribution in [2.75, 3.05) is 13.2 Å². The van der Waals surface area contributed by atoms with E-state index in [4.69, 9.17) is 10.8 Å². The number of hydrogen-bond acceptors (Lipinski definition) is 4.